The average Bonchev–Trinajstić information content (AvgIpc) is 3.35. The SMILES string of the molecule is CCC1(O)CCC(Nc2ncc3c(-c4ccc5ncnn5c4)c[nH]c3n2)CC1. The first-order valence-electron chi connectivity index (χ1n) is 9.76. The van der Waals surface area contributed by atoms with Crippen LogP contribution in [-0.2, 0) is 0 Å². The predicted molar refractivity (Wildman–Crippen MR) is 107 cm³/mol. The molecule has 0 spiro atoms. The maximum atomic E-state index is 10.4. The molecular weight excluding hydrogens is 354 g/mol. The molecule has 0 atom stereocenters. The van der Waals surface area contributed by atoms with Crippen molar-refractivity contribution < 1.29 is 5.11 Å². The first kappa shape index (κ1) is 17.1. The Kier molecular flexibility index (Phi) is 4.01. The number of pyridine rings is 1. The second-order valence-corrected chi connectivity index (χ2v) is 7.64. The molecule has 0 radical (unpaired) electrons. The summed E-state index contributed by atoms with van der Waals surface area (Å²) in [6, 6.07) is 4.27. The fourth-order valence-electron chi connectivity index (χ4n) is 4.03. The average molecular weight is 377 g/mol. The number of aromatic nitrogens is 6. The van der Waals surface area contributed by atoms with E-state index in [0.29, 0.717) is 12.0 Å². The van der Waals surface area contributed by atoms with Gasteiger partial charge >= 0.3 is 0 Å². The molecule has 0 aliphatic heterocycles. The van der Waals surface area contributed by atoms with Crippen LogP contribution in [-0.4, -0.2) is 46.3 Å². The Bertz CT molecular complexity index is 1120. The molecule has 3 N–H and O–H groups in total. The van der Waals surface area contributed by atoms with Gasteiger partial charge in [-0.3, -0.25) is 0 Å². The number of nitrogens with zero attached hydrogens (tertiary/aromatic N) is 5. The minimum Gasteiger partial charge on any atom is -0.390 e. The van der Waals surface area contributed by atoms with Crippen molar-refractivity contribution in [3.8, 4) is 11.1 Å². The van der Waals surface area contributed by atoms with Crippen LogP contribution in [0.3, 0.4) is 0 Å². The Labute approximate surface area is 162 Å². The molecule has 0 aromatic carbocycles. The van der Waals surface area contributed by atoms with E-state index in [0.717, 1.165) is 59.9 Å². The van der Waals surface area contributed by atoms with Gasteiger partial charge in [-0.25, -0.2) is 14.5 Å². The number of rotatable bonds is 4. The molecule has 0 amide bonds. The molecule has 0 saturated heterocycles. The van der Waals surface area contributed by atoms with Crippen molar-refractivity contribution >= 4 is 22.6 Å². The van der Waals surface area contributed by atoms with E-state index < -0.39 is 5.60 Å². The topological polar surface area (TPSA) is 104 Å². The summed E-state index contributed by atoms with van der Waals surface area (Å²) in [6.45, 7) is 2.05. The van der Waals surface area contributed by atoms with Crippen LogP contribution >= 0.6 is 0 Å². The minimum atomic E-state index is -0.497. The molecule has 4 aromatic rings. The molecule has 4 heterocycles. The van der Waals surface area contributed by atoms with E-state index in [2.05, 4.69) is 30.4 Å². The molecule has 8 nitrogen and oxygen atoms in total. The van der Waals surface area contributed by atoms with Crippen molar-refractivity contribution in [1.29, 1.82) is 0 Å². The molecule has 0 bridgehead atoms. The van der Waals surface area contributed by atoms with Gasteiger partial charge in [-0.15, -0.1) is 0 Å². The lowest BCUT2D eigenvalue weighted by molar-refractivity contribution is -0.00197. The second-order valence-electron chi connectivity index (χ2n) is 7.64. The van der Waals surface area contributed by atoms with Crippen molar-refractivity contribution in [3.05, 3.63) is 37.1 Å². The van der Waals surface area contributed by atoms with Crippen LogP contribution in [0.5, 0.6) is 0 Å². The fraction of sp³-hybridized carbons (Fsp3) is 0.400. The molecule has 1 aliphatic rings. The number of anilines is 1. The Balaban J connectivity index is 1.38. The van der Waals surface area contributed by atoms with Crippen LogP contribution in [0.25, 0.3) is 27.8 Å². The summed E-state index contributed by atoms with van der Waals surface area (Å²) < 4.78 is 1.76. The number of aromatic amines is 1. The Morgan fingerprint density at radius 2 is 2.14 bits per heavy atom. The van der Waals surface area contributed by atoms with E-state index in [1.54, 1.807) is 10.8 Å². The minimum absolute atomic E-state index is 0.299. The number of hydrogen-bond acceptors (Lipinski definition) is 6. The van der Waals surface area contributed by atoms with Crippen molar-refractivity contribution in [2.24, 2.45) is 0 Å². The summed E-state index contributed by atoms with van der Waals surface area (Å²) in [5.41, 5.74) is 3.17. The Morgan fingerprint density at radius 3 is 2.96 bits per heavy atom. The lowest BCUT2D eigenvalue weighted by Gasteiger charge is -2.35. The summed E-state index contributed by atoms with van der Waals surface area (Å²) in [5.74, 6) is 0.625. The van der Waals surface area contributed by atoms with Crippen molar-refractivity contribution in [3.63, 3.8) is 0 Å². The van der Waals surface area contributed by atoms with Crippen LogP contribution in [0, 0.1) is 0 Å². The van der Waals surface area contributed by atoms with Gasteiger partial charge in [0.15, 0.2) is 5.65 Å². The molecule has 5 rings (SSSR count). The number of aliphatic hydroxyl groups is 1. The van der Waals surface area contributed by atoms with Gasteiger partial charge in [-0.2, -0.15) is 10.1 Å². The highest BCUT2D eigenvalue weighted by atomic mass is 16.3. The molecule has 1 saturated carbocycles. The maximum absolute atomic E-state index is 10.4. The van der Waals surface area contributed by atoms with E-state index in [9.17, 15) is 5.11 Å². The van der Waals surface area contributed by atoms with Gasteiger partial charge in [0.1, 0.15) is 12.0 Å². The third kappa shape index (κ3) is 2.99. The van der Waals surface area contributed by atoms with Gasteiger partial charge in [0.2, 0.25) is 5.95 Å². The summed E-state index contributed by atoms with van der Waals surface area (Å²) in [6.07, 6.45) is 11.6. The zero-order chi connectivity index (χ0) is 19.1. The number of H-pyrrole nitrogens is 1. The van der Waals surface area contributed by atoms with Gasteiger partial charge < -0.3 is 15.4 Å². The number of nitrogens with one attached hydrogen (secondary N) is 2. The zero-order valence-corrected chi connectivity index (χ0v) is 15.8. The first-order chi connectivity index (χ1) is 13.6. The highest BCUT2D eigenvalue weighted by Gasteiger charge is 2.31. The normalized spacial score (nSPS) is 22.7. The number of fused-ring (bicyclic) bond motifs is 2. The Hall–Kier alpha value is -3.00. The molecule has 1 fully saturated rings. The van der Waals surface area contributed by atoms with E-state index in [4.69, 9.17) is 0 Å². The van der Waals surface area contributed by atoms with Crippen molar-refractivity contribution in [1.82, 2.24) is 29.5 Å². The van der Waals surface area contributed by atoms with Crippen molar-refractivity contribution in [2.45, 2.75) is 50.7 Å². The smallest absolute Gasteiger partial charge is 0.224 e. The highest BCUT2D eigenvalue weighted by Crippen LogP contribution is 2.32. The fourth-order valence-corrected chi connectivity index (χ4v) is 4.03. The van der Waals surface area contributed by atoms with Gasteiger partial charge in [0.25, 0.3) is 0 Å². The quantitative estimate of drug-likeness (QED) is 0.505. The van der Waals surface area contributed by atoms with E-state index in [-0.39, 0.29) is 0 Å². The van der Waals surface area contributed by atoms with E-state index in [1.165, 1.54) is 0 Å². The van der Waals surface area contributed by atoms with Crippen LogP contribution in [0.1, 0.15) is 39.0 Å². The zero-order valence-electron chi connectivity index (χ0n) is 15.8. The lowest BCUT2D eigenvalue weighted by atomic mass is 9.80. The van der Waals surface area contributed by atoms with Gasteiger partial charge in [0.05, 0.1) is 5.60 Å². The maximum Gasteiger partial charge on any atom is 0.224 e. The summed E-state index contributed by atoms with van der Waals surface area (Å²) >= 11 is 0. The molecular formula is C20H23N7O. The third-order valence-electron chi connectivity index (χ3n) is 5.92. The van der Waals surface area contributed by atoms with Crippen molar-refractivity contribution in [2.75, 3.05) is 5.32 Å². The molecule has 144 valence electrons. The standard InChI is InChI=1S/C20H23N7O/c1-2-20(28)7-5-14(6-8-20)25-19-22-10-16-15(9-21-18(16)26-19)13-3-4-17-23-12-24-27(17)11-13/h3-4,9-12,14,28H,2,5-8H2,1H3,(H2,21,22,25,26). The number of hydrogen-bond donors (Lipinski definition) is 3. The van der Waals surface area contributed by atoms with Gasteiger partial charge in [-0.05, 0) is 44.2 Å². The van der Waals surface area contributed by atoms with E-state index in [1.807, 2.05) is 37.6 Å². The van der Waals surface area contributed by atoms with Crippen LogP contribution in [0.15, 0.2) is 37.1 Å². The molecule has 1 aliphatic carbocycles. The van der Waals surface area contributed by atoms with E-state index >= 15 is 0 Å². The highest BCUT2D eigenvalue weighted by molar-refractivity contribution is 5.93. The summed E-state index contributed by atoms with van der Waals surface area (Å²) in [4.78, 5) is 16.6. The molecule has 28 heavy (non-hydrogen) atoms. The van der Waals surface area contributed by atoms with Gasteiger partial charge in [0, 0.05) is 41.1 Å². The van der Waals surface area contributed by atoms with Crippen LogP contribution in [0.2, 0.25) is 0 Å². The third-order valence-corrected chi connectivity index (χ3v) is 5.92. The first-order valence-corrected chi connectivity index (χ1v) is 9.76. The van der Waals surface area contributed by atoms with Crippen LogP contribution < -0.4 is 5.32 Å². The van der Waals surface area contributed by atoms with Crippen LogP contribution in [0.4, 0.5) is 5.95 Å². The molecule has 0 unspecified atom stereocenters. The summed E-state index contributed by atoms with van der Waals surface area (Å²) in [5, 5.41) is 19.0. The second kappa shape index (κ2) is 6.56. The molecule has 8 heteroatoms. The molecule has 4 aromatic heterocycles. The Morgan fingerprint density at radius 1 is 1.29 bits per heavy atom. The van der Waals surface area contributed by atoms with Gasteiger partial charge in [-0.1, -0.05) is 6.92 Å². The largest absolute Gasteiger partial charge is 0.390 e. The summed E-state index contributed by atoms with van der Waals surface area (Å²) in [7, 11) is 0. The lowest BCUT2D eigenvalue weighted by Crippen LogP contribution is -2.38. The monoisotopic (exact) mass is 377 g/mol. The predicted octanol–water partition coefficient (Wildman–Crippen LogP) is 3.16.